The van der Waals surface area contributed by atoms with E-state index in [0.717, 1.165) is 11.1 Å². The number of carbonyl (C=O) groups excluding carboxylic acids is 2. The van der Waals surface area contributed by atoms with Gasteiger partial charge in [0.15, 0.2) is 8.32 Å². The Bertz CT molecular complexity index is 783. The van der Waals surface area contributed by atoms with Crippen LogP contribution >= 0.6 is 0 Å². The molecular weight excluding hydrogens is 480 g/mol. The number of methoxy groups -OCH3 is 2. The van der Waals surface area contributed by atoms with Gasteiger partial charge >= 0.3 is 17.9 Å². The largest absolute Gasteiger partial charge is 0.514 e. The summed E-state index contributed by atoms with van der Waals surface area (Å²) >= 11 is 0. The van der Waals surface area contributed by atoms with E-state index in [-0.39, 0.29) is 36.3 Å². The first-order valence-corrected chi connectivity index (χ1v) is 19.2. The van der Waals surface area contributed by atoms with E-state index in [2.05, 4.69) is 58.9 Å². The van der Waals surface area contributed by atoms with Crippen LogP contribution in [0.4, 0.5) is 0 Å². The Morgan fingerprint density at radius 1 is 0.943 bits per heavy atom. The molecule has 0 N–H and O–H groups in total. The summed E-state index contributed by atoms with van der Waals surface area (Å²) in [5.41, 5.74) is 5.08. The van der Waals surface area contributed by atoms with Crippen molar-refractivity contribution in [1.29, 1.82) is 0 Å². The Morgan fingerprint density at radius 3 is 1.97 bits per heavy atom. The highest BCUT2D eigenvalue weighted by molar-refractivity contribution is 6.70. The maximum atomic E-state index is 12.0. The number of rotatable bonds is 15. The molecule has 9 heteroatoms. The zero-order chi connectivity index (χ0) is 27.4. The first kappa shape index (κ1) is 33.2. The van der Waals surface area contributed by atoms with Crippen molar-refractivity contribution in [2.45, 2.75) is 92.3 Å². The molecule has 202 valence electrons. The molecule has 0 fully saturated rings. The molecule has 0 heterocycles. The minimum atomic E-state index is -2.01. The van der Waals surface area contributed by atoms with Crippen molar-refractivity contribution in [2.24, 2.45) is 11.8 Å². The van der Waals surface area contributed by atoms with Crippen LogP contribution in [-0.2, 0) is 32.7 Å². The first-order valence-electron chi connectivity index (χ1n) is 12.3. The van der Waals surface area contributed by atoms with Gasteiger partial charge in [-0.3, -0.25) is 4.79 Å². The Balaban J connectivity index is 6.74. The van der Waals surface area contributed by atoms with Crippen LogP contribution < -0.4 is 0 Å². The molecule has 0 radical (unpaired) electrons. The smallest absolute Gasteiger partial charge is 0.330 e. The van der Waals surface area contributed by atoms with Gasteiger partial charge in [-0.2, -0.15) is 0 Å². The van der Waals surface area contributed by atoms with Crippen LogP contribution in [0.25, 0.3) is 0 Å². The fourth-order valence-corrected chi connectivity index (χ4v) is 5.29. The molecule has 0 rings (SSSR count). The van der Waals surface area contributed by atoms with Gasteiger partial charge in [-0.25, -0.2) is 4.79 Å². The van der Waals surface area contributed by atoms with Crippen LogP contribution in [0.5, 0.6) is 0 Å². The molecule has 0 unspecified atom stereocenters. The number of esters is 2. The van der Waals surface area contributed by atoms with Crippen molar-refractivity contribution < 1.29 is 32.7 Å². The molecule has 35 heavy (non-hydrogen) atoms. The van der Waals surface area contributed by atoms with Crippen molar-refractivity contribution in [1.82, 2.24) is 0 Å². The Hall–Kier alpha value is -1.81. The van der Waals surface area contributed by atoms with Gasteiger partial charge in [-0.15, -0.1) is 0 Å². The number of hydrogen-bond donors (Lipinski definition) is 0. The van der Waals surface area contributed by atoms with Crippen molar-refractivity contribution in [2.75, 3.05) is 20.8 Å². The molecule has 0 aromatic carbocycles. The molecule has 0 aliphatic heterocycles. The summed E-state index contributed by atoms with van der Waals surface area (Å²) in [7, 11) is -1.22. The van der Waals surface area contributed by atoms with Gasteiger partial charge in [0.1, 0.15) is 0 Å². The highest BCUT2D eigenvalue weighted by Gasteiger charge is 2.30. The van der Waals surface area contributed by atoms with Crippen LogP contribution in [0, 0.1) is 11.8 Å². The summed E-state index contributed by atoms with van der Waals surface area (Å²) in [5, 5.41) is 0. The van der Waals surface area contributed by atoms with Crippen LogP contribution in [0.3, 0.4) is 0 Å². The summed E-state index contributed by atoms with van der Waals surface area (Å²) in [5.74, 6) is -0.0434. The number of ether oxygens (including phenoxy) is 3. The molecule has 0 aliphatic rings. The van der Waals surface area contributed by atoms with Gasteiger partial charge in [0.2, 0.25) is 8.32 Å². The van der Waals surface area contributed by atoms with E-state index in [0.29, 0.717) is 25.4 Å². The van der Waals surface area contributed by atoms with E-state index in [4.69, 9.17) is 23.1 Å². The third kappa shape index (κ3) is 15.0. The second-order valence-corrected chi connectivity index (χ2v) is 19.8. The molecule has 0 aliphatic carbocycles. The van der Waals surface area contributed by atoms with E-state index in [1.165, 1.54) is 14.2 Å². The lowest BCUT2D eigenvalue weighted by Crippen LogP contribution is -2.35. The number of allylic oxidation sites excluding steroid dienone is 1. The van der Waals surface area contributed by atoms with E-state index < -0.39 is 16.6 Å². The van der Waals surface area contributed by atoms with E-state index in [1.807, 2.05) is 13.8 Å². The Kier molecular flexibility index (Phi) is 14.5. The normalized spacial score (nSPS) is 14.0. The summed E-state index contributed by atoms with van der Waals surface area (Å²) in [4.78, 5) is 24.0. The average Bonchev–Trinajstić information content (AvgIpc) is 2.71. The second-order valence-electron chi connectivity index (χ2n) is 10.9. The lowest BCUT2D eigenvalue weighted by atomic mass is 9.82. The molecule has 0 aromatic rings. The molecule has 0 aromatic heterocycles. The maximum Gasteiger partial charge on any atom is 0.330 e. The molecule has 0 amide bonds. The quantitative estimate of drug-likeness (QED) is 0.0823. The molecular formula is C26H48O7Si2. The van der Waals surface area contributed by atoms with Crippen LogP contribution in [0.1, 0.15) is 47.0 Å². The molecule has 0 saturated carbocycles. The molecule has 0 bridgehead atoms. The predicted octanol–water partition coefficient (Wildman–Crippen LogP) is 6.20. The van der Waals surface area contributed by atoms with Gasteiger partial charge in [0.25, 0.3) is 0 Å². The number of carbonyl (C=O) groups is 2. The van der Waals surface area contributed by atoms with Gasteiger partial charge in [0, 0.05) is 18.1 Å². The van der Waals surface area contributed by atoms with Gasteiger partial charge in [-0.1, -0.05) is 19.4 Å². The topological polar surface area (TPSA) is 80.3 Å². The molecule has 0 saturated heterocycles. The van der Waals surface area contributed by atoms with Gasteiger partial charge in [0.05, 0.1) is 26.9 Å². The standard InChI is InChI=1S/C26H48O7Si2/c1-13-31-26(33-35(10,11)12)17-21(14-15-24(27)29-5)23(32-34(7,8)9)18-22(19(2)3)20(4)16-25(28)30-6/h16,19,22-23H,13-15,18H2,1-12H3/b20-16-/t17?,22-,23+/m0/s1. The summed E-state index contributed by atoms with van der Waals surface area (Å²) in [6.07, 6.45) is 2.43. The molecule has 7 nitrogen and oxygen atoms in total. The predicted molar refractivity (Wildman–Crippen MR) is 145 cm³/mol. The van der Waals surface area contributed by atoms with E-state index in [9.17, 15) is 9.59 Å². The fraction of sp³-hybridized carbons (Fsp3) is 0.731. The van der Waals surface area contributed by atoms with Crippen LogP contribution in [-0.4, -0.2) is 55.5 Å². The second kappa shape index (κ2) is 15.3. The summed E-state index contributed by atoms with van der Waals surface area (Å²) in [6, 6.07) is 0. The fourth-order valence-electron chi connectivity index (χ4n) is 3.53. The van der Waals surface area contributed by atoms with Crippen LogP contribution in [0.2, 0.25) is 39.3 Å². The maximum absolute atomic E-state index is 12.0. The number of hydrogen-bond acceptors (Lipinski definition) is 7. The monoisotopic (exact) mass is 528 g/mol. The third-order valence-corrected chi connectivity index (χ3v) is 6.84. The molecule has 2 atom stereocenters. The van der Waals surface area contributed by atoms with Crippen LogP contribution in [0.15, 0.2) is 28.9 Å². The molecule has 0 spiro atoms. The summed E-state index contributed by atoms with van der Waals surface area (Å²) < 4.78 is 28.4. The SMILES string of the molecule is CCOC(=C=C(CCC(=O)OC)[C@@H](C[C@H](/C(C)=C\C(=O)OC)C(C)C)O[Si](C)(C)C)O[Si](C)(C)C. The Morgan fingerprint density at radius 2 is 1.54 bits per heavy atom. The zero-order valence-corrected chi connectivity index (χ0v) is 26.0. The average molecular weight is 529 g/mol. The van der Waals surface area contributed by atoms with E-state index in [1.54, 1.807) is 6.08 Å². The first-order chi connectivity index (χ1) is 16.0. The van der Waals surface area contributed by atoms with Crippen molar-refractivity contribution in [3.8, 4) is 0 Å². The van der Waals surface area contributed by atoms with Gasteiger partial charge < -0.3 is 23.1 Å². The van der Waals surface area contributed by atoms with Crippen molar-refractivity contribution >= 4 is 28.6 Å². The highest BCUT2D eigenvalue weighted by Crippen LogP contribution is 2.32. The summed E-state index contributed by atoms with van der Waals surface area (Å²) in [6.45, 7) is 21.1. The zero-order valence-electron chi connectivity index (χ0n) is 24.0. The lowest BCUT2D eigenvalue weighted by Gasteiger charge is -2.32. The minimum Gasteiger partial charge on any atom is -0.514 e. The van der Waals surface area contributed by atoms with Crippen molar-refractivity contribution in [3.05, 3.63) is 28.9 Å². The van der Waals surface area contributed by atoms with E-state index >= 15 is 0 Å². The lowest BCUT2D eigenvalue weighted by molar-refractivity contribution is -0.140. The minimum absolute atomic E-state index is 0.0545. The third-order valence-electron chi connectivity index (χ3n) is 5.05. The van der Waals surface area contributed by atoms with Gasteiger partial charge in [-0.05, 0) is 83.5 Å². The van der Waals surface area contributed by atoms with Crippen molar-refractivity contribution in [3.63, 3.8) is 0 Å². The Labute approximate surface area is 215 Å². The highest BCUT2D eigenvalue weighted by atomic mass is 28.4.